The summed E-state index contributed by atoms with van der Waals surface area (Å²) in [6.45, 7) is 0. The number of benzene rings is 3. The maximum absolute atomic E-state index is 12.6. The minimum absolute atomic E-state index is 0.202. The van der Waals surface area contributed by atoms with Gasteiger partial charge >= 0.3 is 0 Å². The molecule has 1 aromatic heterocycles. The second kappa shape index (κ2) is 6.99. The lowest BCUT2D eigenvalue weighted by atomic mass is 10.0. The molecule has 4 aromatic rings. The predicted molar refractivity (Wildman–Crippen MR) is 112 cm³/mol. The molecular weight excluding hydrogens is 386 g/mol. The van der Waals surface area contributed by atoms with E-state index in [1.807, 2.05) is 42.5 Å². The summed E-state index contributed by atoms with van der Waals surface area (Å²) in [5.74, 6) is -0.295. The Kier molecular flexibility index (Phi) is 4.55. The van der Waals surface area contributed by atoms with E-state index in [1.54, 1.807) is 18.2 Å². The first-order valence-electron chi connectivity index (χ1n) is 7.77. The summed E-state index contributed by atoms with van der Waals surface area (Å²) in [4.78, 5) is 17.1. The molecule has 0 unspecified atom stereocenters. The first-order chi connectivity index (χ1) is 12.6. The Labute approximate surface area is 163 Å². The fourth-order valence-corrected chi connectivity index (χ4v) is 4.06. The maximum atomic E-state index is 12.6. The highest BCUT2D eigenvalue weighted by Crippen LogP contribution is 2.27. The number of fused-ring (bicyclic) bond motifs is 2. The number of nitrogens with zero attached hydrogens (tertiary/aromatic N) is 1. The van der Waals surface area contributed by atoms with Crippen LogP contribution in [0.25, 0.3) is 21.0 Å². The van der Waals surface area contributed by atoms with Crippen LogP contribution in [0.2, 0.25) is 5.02 Å². The van der Waals surface area contributed by atoms with Crippen LogP contribution in [-0.4, -0.2) is 16.0 Å². The van der Waals surface area contributed by atoms with Crippen molar-refractivity contribution in [1.82, 2.24) is 10.3 Å². The molecule has 0 saturated carbocycles. The third-order valence-corrected chi connectivity index (χ3v) is 5.34. The van der Waals surface area contributed by atoms with E-state index in [0.29, 0.717) is 15.7 Å². The van der Waals surface area contributed by atoms with Gasteiger partial charge in [-0.2, -0.15) is 0 Å². The van der Waals surface area contributed by atoms with Crippen molar-refractivity contribution < 1.29 is 4.79 Å². The summed E-state index contributed by atoms with van der Waals surface area (Å²) in [7, 11) is 0. The van der Waals surface area contributed by atoms with Crippen molar-refractivity contribution in [3.8, 4) is 0 Å². The van der Waals surface area contributed by atoms with Crippen molar-refractivity contribution in [2.45, 2.75) is 0 Å². The third kappa shape index (κ3) is 3.26. The van der Waals surface area contributed by atoms with Crippen LogP contribution in [0.5, 0.6) is 0 Å². The number of rotatable bonds is 2. The zero-order valence-electron chi connectivity index (χ0n) is 13.3. The van der Waals surface area contributed by atoms with Crippen molar-refractivity contribution in [2.75, 3.05) is 5.32 Å². The van der Waals surface area contributed by atoms with Gasteiger partial charge in [0.05, 0.1) is 10.2 Å². The van der Waals surface area contributed by atoms with Gasteiger partial charge in [0, 0.05) is 16.0 Å². The Morgan fingerprint density at radius 2 is 1.77 bits per heavy atom. The van der Waals surface area contributed by atoms with Gasteiger partial charge in [-0.05, 0) is 41.9 Å². The predicted octanol–water partition coefficient (Wildman–Crippen LogP) is 5.23. The molecule has 0 fully saturated rings. The van der Waals surface area contributed by atoms with E-state index in [2.05, 4.69) is 15.6 Å². The standard InChI is InChI=1S/C19H12ClN3OS2/c20-14-8-4-5-11-12(14)6-3-7-13(11)17(24)22-18(25)23-19-21-15-9-1-2-10-16(15)26-19/h1-10H,(H2,21,22,23,24,25). The van der Waals surface area contributed by atoms with E-state index in [1.165, 1.54) is 11.3 Å². The van der Waals surface area contributed by atoms with Crippen molar-refractivity contribution in [3.63, 3.8) is 0 Å². The summed E-state index contributed by atoms with van der Waals surface area (Å²) < 4.78 is 1.05. The molecule has 0 aliphatic heterocycles. The van der Waals surface area contributed by atoms with Gasteiger partial charge in [-0.3, -0.25) is 10.1 Å². The second-order valence-electron chi connectivity index (χ2n) is 5.54. The average Bonchev–Trinajstić information content (AvgIpc) is 3.03. The second-order valence-corrected chi connectivity index (χ2v) is 7.38. The molecule has 0 bridgehead atoms. The van der Waals surface area contributed by atoms with Crippen molar-refractivity contribution in [2.24, 2.45) is 0 Å². The molecule has 0 aliphatic rings. The highest BCUT2D eigenvalue weighted by atomic mass is 35.5. The number of amides is 1. The summed E-state index contributed by atoms with van der Waals surface area (Å²) in [6, 6.07) is 18.7. The number of carbonyl (C=O) groups excluding carboxylic acids is 1. The number of hydrogen-bond acceptors (Lipinski definition) is 4. The van der Waals surface area contributed by atoms with Crippen molar-refractivity contribution >= 4 is 72.3 Å². The fraction of sp³-hybridized carbons (Fsp3) is 0. The lowest BCUT2D eigenvalue weighted by molar-refractivity contribution is 0.0979. The first-order valence-corrected chi connectivity index (χ1v) is 9.37. The first kappa shape index (κ1) is 16.9. The lowest BCUT2D eigenvalue weighted by Gasteiger charge is -2.10. The molecule has 4 nitrogen and oxygen atoms in total. The van der Waals surface area contributed by atoms with Gasteiger partial charge in [0.2, 0.25) is 0 Å². The molecule has 7 heteroatoms. The van der Waals surface area contributed by atoms with E-state index >= 15 is 0 Å². The van der Waals surface area contributed by atoms with Gasteiger partial charge in [-0.25, -0.2) is 4.98 Å². The molecule has 0 radical (unpaired) electrons. The van der Waals surface area contributed by atoms with Gasteiger partial charge < -0.3 is 5.32 Å². The third-order valence-electron chi connectivity index (χ3n) is 3.85. The van der Waals surface area contributed by atoms with E-state index in [-0.39, 0.29) is 11.0 Å². The Morgan fingerprint density at radius 1 is 1.00 bits per heavy atom. The molecule has 3 aromatic carbocycles. The van der Waals surface area contributed by atoms with Crippen LogP contribution in [-0.2, 0) is 0 Å². The van der Waals surface area contributed by atoms with E-state index in [4.69, 9.17) is 23.8 Å². The van der Waals surface area contributed by atoms with Crippen molar-refractivity contribution in [3.05, 3.63) is 71.2 Å². The smallest absolute Gasteiger partial charge is 0.258 e. The number of para-hydroxylation sites is 1. The molecular formula is C19H12ClN3OS2. The van der Waals surface area contributed by atoms with Crippen LogP contribution in [0.3, 0.4) is 0 Å². The van der Waals surface area contributed by atoms with Gasteiger partial charge in [0.15, 0.2) is 10.2 Å². The monoisotopic (exact) mass is 397 g/mol. The molecule has 26 heavy (non-hydrogen) atoms. The average molecular weight is 398 g/mol. The number of carbonyl (C=O) groups is 1. The highest BCUT2D eigenvalue weighted by Gasteiger charge is 2.13. The molecule has 0 spiro atoms. The summed E-state index contributed by atoms with van der Waals surface area (Å²) >= 11 is 12.9. The summed E-state index contributed by atoms with van der Waals surface area (Å²) in [5, 5.41) is 8.72. The molecule has 0 atom stereocenters. The Bertz CT molecular complexity index is 1120. The van der Waals surface area contributed by atoms with Crippen molar-refractivity contribution in [1.29, 1.82) is 0 Å². The van der Waals surface area contributed by atoms with Crippen LogP contribution in [0.15, 0.2) is 60.7 Å². The van der Waals surface area contributed by atoms with Gasteiger partial charge in [-0.1, -0.05) is 59.3 Å². The molecule has 1 amide bonds. The van der Waals surface area contributed by atoms with E-state index in [9.17, 15) is 4.79 Å². The molecule has 128 valence electrons. The number of halogens is 1. The summed E-state index contributed by atoms with van der Waals surface area (Å²) in [6.07, 6.45) is 0. The molecule has 4 rings (SSSR count). The van der Waals surface area contributed by atoms with Gasteiger partial charge in [0.25, 0.3) is 5.91 Å². The number of anilines is 1. The number of thiazole rings is 1. The number of aromatic nitrogens is 1. The Morgan fingerprint density at radius 3 is 2.62 bits per heavy atom. The van der Waals surface area contributed by atoms with Gasteiger partial charge in [0.1, 0.15) is 0 Å². The van der Waals surface area contributed by atoms with E-state index < -0.39 is 0 Å². The molecule has 2 N–H and O–H groups in total. The Balaban J connectivity index is 1.54. The van der Waals surface area contributed by atoms with Crippen LogP contribution < -0.4 is 10.6 Å². The normalized spacial score (nSPS) is 10.8. The SMILES string of the molecule is O=C(NC(=S)Nc1nc2ccccc2s1)c1cccc2c(Cl)cccc12. The summed E-state index contributed by atoms with van der Waals surface area (Å²) in [5.41, 5.74) is 1.40. The number of thiocarbonyl (C=S) groups is 1. The molecule has 0 aliphatic carbocycles. The molecule has 1 heterocycles. The Hall–Kier alpha value is -2.54. The lowest BCUT2D eigenvalue weighted by Crippen LogP contribution is -2.34. The minimum atomic E-state index is -0.295. The quantitative estimate of drug-likeness (QED) is 0.455. The zero-order valence-corrected chi connectivity index (χ0v) is 15.7. The van der Waals surface area contributed by atoms with Crippen LogP contribution in [0.4, 0.5) is 5.13 Å². The fourth-order valence-electron chi connectivity index (χ4n) is 2.69. The van der Waals surface area contributed by atoms with E-state index in [0.717, 1.165) is 21.0 Å². The number of hydrogen-bond donors (Lipinski definition) is 2. The zero-order chi connectivity index (χ0) is 18.1. The topological polar surface area (TPSA) is 54.0 Å². The van der Waals surface area contributed by atoms with Gasteiger partial charge in [-0.15, -0.1) is 0 Å². The largest absolute Gasteiger partial charge is 0.308 e. The van der Waals surface area contributed by atoms with Crippen LogP contribution in [0, 0.1) is 0 Å². The molecule has 0 saturated heterocycles. The number of nitrogens with one attached hydrogen (secondary N) is 2. The minimum Gasteiger partial charge on any atom is -0.308 e. The van der Waals surface area contributed by atoms with Crippen LogP contribution in [0.1, 0.15) is 10.4 Å². The highest BCUT2D eigenvalue weighted by molar-refractivity contribution is 7.80. The maximum Gasteiger partial charge on any atom is 0.258 e. The van der Waals surface area contributed by atoms with Crippen LogP contribution >= 0.6 is 35.2 Å².